The molecule has 2 aromatic carbocycles. The number of rotatable bonds is 8. The van der Waals surface area contributed by atoms with Gasteiger partial charge in [0, 0.05) is 24.4 Å². The Bertz CT molecular complexity index is 1030. The molecule has 1 aliphatic rings. The normalized spacial score (nSPS) is 13.1. The number of hydrogen-bond acceptors (Lipinski definition) is 4. The Labute approximate surface area is 201 Å². The number of carboxylic acids is 1. The fourth-order valence-electron chi connectivity index (χ4n) is 4.41. The van der Waals surface area contributed by atoms with Gasteiger partial charge in [0.2, 0.25) is 5.91 Å². The number of fused-ring (bicyclic) bond motifs is 3. The number of hydrogen-bond donors (Lipinski definition) is 2. The molecule has 7 heteroatoms. The number of amides is 2. The Morgan fingerprint density at radius 3 is 1.97 bits per heavy atom. The van der Waals surface area contributed by atoms with E-state index in [2.05, 4.69) is 29.6 Å². The highest BCUT2D eigenvalue weighted by Gasteiger charge is 2.32. The highest BCUT2D eigenvalue weighted by molar-refractivity contribution is 5.83. The van der Waals surface area contributed by atoms with Crippen molar-refractivity contribution >= 4 is 18.0 Å². The average Bonchev–Trinajstić information content (AvgIpc) is 3.03. The van der Waals surface area contributed by atoms with Gasteiger partial charge in [-0.1, -0.05) is 69.3 Å². The standard InChI is InChI=1S/C27H34N2O5/c1-26(2,3)17-29(15-24(31)32)23(30)14-27(4,5)28-25(33)34-16-22-20-12-8-6-10-18(20)19-11-7-9-13-21(19)22/h6-13,22H,14-17H2,1-5H3,(H,28,33)(H,31,32). The van der Waals surface area contributed by atoms with Crippen LogP contribution in [0.4, 0.5) is 4.79 Å². The fraction of sp³-hybridized carbons (Fsp3) is 0.444. The first-order valence-corrected chi connectivity index (χ1v) is 11.5. The molecule has 0 aromatic heterocycles. The minimum Gasteiger partial charge on any atom is -0.480 e. The molecule has 2 aromatic rings. The molecule has 0 atom stereocenters. The predicted molar refractivity (Wildman–Crippen MR) is 131 cm³/mol. The van der Waals surface area contributed by atoms with E-state index in [-0.39, 0.29) is 36.8 Å². The van der Waals surface area contributed by atoms with Crippen molar-refractivity contribution in [3.8, 4) is 11.1 Å². The smallest absolute Gasteiger partial charge is 0.407 e. The van der Waals surface area contributed by atoms with Crippen molar-refractivity contribution < 1.29 is 24.2 Å². The molecular weight excluding hydrogens is 432 g/mol. The van der Waals surface area contributed by atoms with Crippen molar-refractivity contribution in [3.05, 3.63) is 59.7 Å². The van der Waals surface area contributed by atoms with E-state index >= 15 is 0 Å². The SMILES string of the molecule is CC(C)(C)CN(CC(=O)O)C(=O)CC(C)(C)NC(=O)OCC1c2ccccc2-c2ccccc21. The minimum absolute atomic E-state index is 0.0411. The number of benzene rings is 2. The van der Waals surface area contributed by atoms with Crippen LogP contribution in [0, 0.1) is 5.41 Å². The van der Waals surface area contributed by atoms with Crippen molar-refractivity contribution in [2.75, 3.05) is 19.7 Å². The molecule has 0 radical (unpaired) electrons. The molecular formula is C27H34N2O5. The first kappa shape index (κ1) is 25.3. The van der Waals surface area contributed by atoms with Crippen LogP contribution in [0.15, 0.2) is 48.5 Å². The molecule has 0 saturated heterocycles. The van der Waals surface area contributed by atoms with Gasteiger partial charge >= 0.3 is 12.1 Å². The van der Waals surface area contributed by atoms with E-state index in [0.29, 0.717) is 6.54 Å². The molecule has 0 aliphatic heterocycles. The highest BCUT2D eigenvalue weighted by atomic mass is 16.5. The second-order valence-electron chi connectivity index (χ2n) is 10.7. The molecule has 2 N–H and O–H groups in total. The van der Waals surface area contributed by atoms with Crippen molar-refractivity contribution in [2.45, 2.75) is 52.5 Å². The maximum atomic E-state index is 12.9. The van der Waals surface area contributed by atoms with Gasteiger partial charge in [-0.15, -0.1) is 0 Å². The number of alkyl carbamates (subject to hydrolysis) is 1. The zero-order valence-corrected chi connectivity index (χ0v) is 20.6. The molecule has 0 heterocycles. The zero-order chi connectivity index (χ0) is 25.1. The van der Waals surface area contributed by atoms with Crippen molar-refractivity contribution in [1.82, 2.24) is 10.2 Å². The largest absolute Gasteiger partial charge is 0.480 e. The van der Waals surface area contributed by atoms with Crippen LogP contribution in [0.1, 0.15) is 58.1 Å². The Kier molecular flexibility index (Phi) is 7.34. The number of nitrogens with zero attached hydrogens (tertiary/aromatic N) is 1. The summed E-state index contributed by atoms with van der Waals surface area (Å²) in [6.07, 6.45) is -0.652. The Morgan fingerprint density at radius 2 is 1.47 bits per heavy atom. The first-order valence-electron chi connectivity index (χ1n) is 11.5. The van der Waals surface area contributed by atoms with Crippen LogP contribution in [-0.4, -0.2) is 53.2 Å². The predicted octanol–water partition coefficient (Wildman–Crippen LogP) is 4.65. The van der Waals surface area contributed by atoms with Crippen LogP contribution < -0.4 is 5.32 Å². The van der Waals surface area contributed by atoms with Gasteiger partial charge in [-0.25, -0.2) is 4.79 Å². The molecule has 0 fully saturated rings. The highest BCUT2D eigenvalue weighted by Crippen LogP contribution is 2.44. The maximum absolute atomic E-state index is 12.9. The summed E-state index contributed by atoms with van der Waals surface area (Å²) in [6.45, 7) is 9.37. The van der Waals surface area contributed by atoms with Crippen LogP contribution >= 0.6 is 0 Å². The third-order valence-corrected chi connectivity index (χ3v) is 5.72. The second kappa shape index (κ2) is 9.87. The lowest BCUT2D eigenvalue weighted by atomic mass is 9.94. The lowest BCUT2D eigenvalue weighted by Gasteiger charge is -2.32. The van der Waals surface area contributed by atoms with Gasteiger partial charge in [-0.05, 0) is 41.5 Å². The van der Waals surface area contributed by atoms with Gasteiger partial charge in [0.15, 0.2) is 0 Å². The number of carbonyl (C=O) groups is 3. The van der Waals surface area contributed by atoms with Crippen LogP contribution in [0.2, 0.25) is 0 Å². The van der Waals surface area contributed by atoms with Crippen molar-refractivity contribution in [2.24, 2.45) is 5.41 Å². The van der Waals surface area contributed by atoms with E-state index in [0.717, 1.165) is 22.3 Å². The molecule has 3 rings (SSSR count). The summed E-state index contributed by atoms with van der Waals surface area (Å²) in [5.74, 6) is -1.46. The van der Waals surface area contributed by atoms with Gasteiger partial charge in [0.05, 0.1) is 0 Å². The topological polar surface area (TPSA) is 95.9 Å². The molecule has 0 unspecified atom stereocenters. The number of aliphatic carboxylic acids is 1. The molecule has 0 saturated carbocycles. The summed E-state index contributed by atoms with van der Waals surface area (Å²) in [4.78, 5) is 38.1. The van der Waals surface area contributed by atoms with Gasteiger partial charge < -0.3 is 20.1 Å². The van der Waals surface area contributed by atoms with Gasteiger partial charge in [0.1, 0.15) is 13.2 Å². The molecule has 0 spiro atoms. The van der Waals surface area contributed by atoms with E-state index in [1.165, 1.54) is 4.90 Å². The summed E-state index contributed by atoms with van der Waals surface area (Å²) < 4.78 is 5.59. The van der Waals surface area contributed by atoms with Crippen molar-refractivity contribution in [3.63, 3.8) is 0 Å². The quantitative estimate of drug-likeness (QED) is 0.590. The molecule has 34 heavy (non-hydrogen) atoms. The van der Waals surface area contributed by atoms with E-state index in [4.69, 9.17) is 4.74 Å². The summed E-state index contributed by atoms with van der Waals surface area (Å²) in [7, 11) is 0. The number of ether oxygens (including phenoxy) is 1. The summed E-state index contributed by atoms with van der Waals surface area (Å²) in [5, 5.41) is 12.0. The number of carbonyl (C=O) groups excluding carboxylic acids is 2. The summed E-state index contributed by atoms with van der Waals surface area (Å²) >= 11 is 0. The van der Waals surface area contributed by atoms with Gasteiger partial charge in [-0.2, -0.15) is 0 Å². The number of carboxylic acid groups (broad SMARTS) is 1. The van der Waals surface area contributed by atoms with E-state index < -0.39 is 17.6 Å². The van der Waals surface area contributed by atoms with Gasteiger partial charge in [0.25, 0.3) is 0 Å². The minimum atomic E-state index is -1.07. The lowest BCUT2D eigenvalue weighted by Crippen LogP contribution is -2.49. The van der Waals surface area contributed by atoms with E-state index in [1.54, 1.807) is 13.8 Å². The van der Waals surface area contributed by atoms with Crippen LogP contribution in [0.3, 0.4) is 0 Å². The first-order chi connectivity index (χ1) is 15.9. The molecule has 182 valence electrons. The van der Waals surface area contributed by atoms with Crippen LogP contribution in [0.25, 0.3) is 11.1 Å². The lowest BCUT2D eigenvalue weighted by molar-refractivity contribution is -0.145. The monoisotopic (exact) mass is 466 g/mol. The Balaban J connectivity index is 1.62. The Hall–Kier alpha value is -3.35. The fourth-order valence-corrected chi connectivity index (χ4v) is 4.41. The van der Waals surface area contributed by atoms with Gasteiger partial charge in [-0.3, -0.25) is 9.59 Å². The third-order valence-electron chi connectivity index (χ3n) is 5.72. The number of nitrogens with one attached hydrogen (secondary N) is 1. The molecule has 2 amide bonds. The maximum Gasteiger partial charge on any atom is 0.407 e. The average molecular weight is 467 g/mol. The summed E-state index contributed by atoms with van der Waals surface area (Å²) in [6, 6.07) is 16.2. The molecule has 1 aliphatic carbocycles. The van der Waals surface area contributed by atoms with Crippen LogP contribution in [-0.2, 0) is 14.3 Å². The van der Waals surface area contributed by atoms with Crippen molar-refractivity contribution in [1.29, 1.82) is 0 Å². The molecule has 0 bridgehead atoms. The molecule has 7 nitrogen and oxygen atoms in total. The van der Waals surface area contributed by atoms with E-state index in [9.17, 15) is 19.5 Å². The van der Waals surface area contributed by atoms with E-state index in [1.807, 2.05) is 45.0 Å². The zero-order valence-electron chi connectivity index (χ0n) is 20.6. The summed E-state index contributed by atoms with van der Waals surface area (Å²) in [5.41, 5.74) is 3.38. The second-order valence-corrected chi connectivity index (χ2v) is 10.7. The third kappa shape index (κ3) is 6.37. The Morgan fingerprint density at radius 1 is 0.941 bits per heavy atom. The van der Waals surface area contributed by atoms with Crippen LogP contribution in [0.5, 0.6) is 0 Å².